The van der Waals surface area contributed by atoms with Crippen LogP contribution in [-0.2, 0) is 0 Å². The third-order valence-corrected chi connectivity index (χ3v) is 2.54. The Bertz CT molecular complexity index is 91.6. The van der Waals surface area contributed by atoms with Gasteiger partial charge in [-0.15, -0.1) is 0 Å². The van der Waals surface area contributed by atoms with Crippen LogP contribution in [0.15, 0.2) is 0 Å². The van der Waals surface area contributed by atoms with Gasteiger partial charge in [-0.05, 0) is 24.8 Å². The third kappa shape index (κ3) is 3.21. The topological polar surface area (TPSA) is 46.2 Å². The van der Waals surface area contributed by atoms with E-state index in [-0.39, 0.29) is 12.0 Å². The van der Waals surface area contributed by atoms with E-state index in [9.17, 15) is 5.11 Å². The third-order valence-electron chi connectivity index (χ3n) is 2.54. The smallest absolute Gasteiger partial charge is 0.0605 e. The van der Waals surface area contributed by atoms with Crippen LogP contribution in [0.5, 0.6) is 0 Å². The van der Waals surface area contributed by atoms with E-state index in [1.807, 2.05) is 0 Å². The average Bonchev–Trinajstić information content (AvgIpc) is 2.05. The number of nitrogens with two attached hydrogens (primary N) is 1. The first-order valence-electron chi connectivity index (χ1n) is 4.55. The van der Waals surface area contributed by atoms with E-state index in [1.54, 1.807) is 0 Å². The van der Waals surface area contributed by atoms with Crippen molar-refractivity contribution < 1.29 is 5.11 Å². The molecule has 0 saturated heterocycles. The summed E-state index contributed by atoms with van der Waals surface area (Å²) < 4.78 is 0. The lowest BCUT2D eigenvalue weighted by molar-refractivity contribution is 0.0574. The Labute approximate surface area is 69.8 Å². The Morgan fingerprint density at radius 3 is 2.09 bits per heavy atom. The molecular formula is C9H21NO. The van der Waals surface area contributed by atoms with Crippen LogP contribution >= 0.6 is 0 Å². The predicted octanol–water partition coefficient (Wildman–Crippen LogP) is 1.38. The van der Waals surface area contributed by atoms with Gasteiger partial charge < -0.3 is 10.8 Å². The van der Waals surface area contributed by atoms with Gasteiger partial charge in [0.05, 0.1) is 6.10 Å². The molecule has 3 unspecified atom stereocenters. The number of rotatable bonds is 5. The lowest BCUT2D eigenvalue weighted by Gasteiger charge is -2.24. The molecule has 0 aromatic rings. The Morgan fingerprint density at radius 2 is 1.82 bits per heavy atom. The molecule has 0 aliphatic carbocycles. The lowest BCUT2D eigenvalue weighted by Crippen LogP contribution is -2.32. The van der Waals surface area contributed by atoms with Gasteiger partial charge in [0.15, 0.2) is 0 Å². The maximum Gasteiger partial charge on any atom is 0.0605 e. The van der Waals surface area contributed by atoms with Gasteiger partial charge in [-0.1, -0.05) is 27.2 Å². The zero-order chi connectivity index (χ0) is 8.85. The van der Waals surface area contributed by atoms with E-state index in [2.05, 4.69) is 20.8 Å². The number of aliphatic hydroxyl groups excluding tert-OH is 1. The van der Waals surface area contributed by atoms with E-state index >= 15 is 0 Å². The molecule has 0 aromatic carbocycles. The highest BCUT2D eigenvalue weighted by Crippen LogP contribution is 2.17. The number of aliphatic hydroxyl groups is 1. The summed E-state index contributed by atoms with van der Waals surface area (Å²) in [5.41, 5.74) is 5.52. The van der Waals surface area contributed by atoms with Crippen LogP contribution in [0.1, 0.15) is 33.6 Å². The van der Waals surface area contributed by atoms with E-state index in [0.29, 0.717) is 12.5 Å². The van der Waals surface area contributed by atoms with Crippen molar-refractivity contribution in [3.63, 3.8) is 0 Å². The first-order valence-corrected chi connectivity index (χ1v) is 4.55. The molecular weight excluding hydrogens is 138 g/mol. The van der Waals surface area contributed by atoms with Crippen molar-refractivity contribution in [1.29, 1.82) is 0 Å². The van der Waals surface area contributed by atoms with Crippen LogP contribution in [0.2, 0.25) is 0 Å². The van der Waals surface area contributed by atoms with E-state index in [0.717, 1.165) is 12.8 Å². The predicted molar refractivity (Wildman–Crippen MR) is 48.3 cm³/mol. The molecule has 11 heavy (non-hydrogen) atoms. The molecule has 0 fully saturated rings. The van der Waals surface area contributed by atoms with Crippen molar-refractivity contribution in [2.24, 2.45) is 17.6 Å². The van der Waals surface area contributed by atoms with Gasteiger partial charge in [0, 0.05) is 0 Å². The maximum absolute atomic E-state index is 9.70. The highest BCUT2D eigenvalue weighted by Gasteiger charge is 2.20. The van der Waals surface area contributed by atoms with Gasteiger partial charge >= 0.3 is 0 Å². The van der Waals surface area contributed by atoms with Crippen LogP contribution in [0.3, 0.4) is 0 Å². The van der Waals surface area contributed by atoms with Crippen LogP contribution in [0, 0.1) is 11.8 Å². The molecule has 0 heterocycles. The summed E-state index contributed by atoms with van der Waals surface area (Å²) in [5.74, 6) is 0.661. The fourth-order valence-electron chi connectivity index (χ4n) is 1.25. The molecule has 2 nitrogen and oxygen atoms in total. The summed E-state index contributed by atoms with van der Waals surface area (Å²) in [6, 6.07) is 0. The SMILES string of the molecule is CCC(C)C(O)C(CC)CN. The minimum absolute atomic E-state index is 0.213. The maximum atomic E-state index is 9.70. The second-order valence-electron chi connectivity index (χ2n) is 3.28. The van der Waals surface area contributed by atoms with Crippen LogP contribution in [-0.4, -0.2) is 17.8 Å². The summed E-state index contributed by atoms with van der Waals surface area (Å²) >= 11 is 0. The van der Waals surface area contributed by atoms with Crippen LogP contribution in [0.25, 0.3) is 0 Å². The highest BCUT2D eigenvalue weighted by atomic mass is 16.3. The van der Waals surface area contributed by atoms with Crippen molar-refractivity contribution in [1.82, 2.24) is 0 Å². The molecule has 0 spiro atoms. The number of hydrogen-bond acceptors (Lipinski definition) is 2. The number of hydrogen-bond donors (Lipinski definition) is 2. The van der Waals surface area contributed by atoms with Gasteiger partial charge in [0.1, 0.15) is 0 Å². The molecule has 0 rings (SSSR count). The van der Waals surface area contributed by atoms with Crippen molar-refractivity contribution in [2.75, 3.05) is 6.54 Å². The zero-order valence-electron chi connectivity index (χ0n) is 7.88. The summed E-state index contributed by atoms with van der Waals surface area (Å²) in [7, 11) is 0. The molecule has 0 aliphatic rings. The summed E-state index contributed by atoms with van der Waals surface area (Å²) in [5, 5.41) is 9.70. The van der Waals surface area contributed by atoms with Crippen molar-refractivity contribution >= 4 is 0 Å². The minimum atomic E-state index is -0.213. The fraction of sp³-hybridized carbons (Fsp3) is 1.00. The molecule has 68 valence electrons. The average molecular weight is 159 g/mol. The summed E-state index contributed by atoms with van der Waals surface area (Å²) in [4.78, 5) is 0. The van der Waals surface area contributed by atoms with Gasteiger partial charge in [0.25, 0.3) is 0 Å². The second kappa shape index (κ2) is 5.56. The van der Waals surface area contributed by atoms with Crippen molar-refractivity contribution in [3.8, 4) is 0 Å². The van der Waals surface area contributed by atoms with Gasteiger partial charge in [-0.2, -0.15) is 0 Å². The highest BCUT2D eigenvalue weighted by molar-refractivity contribution is 4.72. The Hall–Kier alpha value is -0.0800. The van der Waals surface area contributed by atoms with Crippen molar-refractivity contribution in [3.05, 3.63) is 0 Å². The molecule has 0 radical (unpaired) electrons. The van der Waals surface area contributed by atoms with Crippen LogP contribution in [0.4, 0.5) is 0 Å². The normalized spacial score (nSPS) is 19.4. The molecule has 0 amide bonds. The molecule has 3 N–H and O–H groups in total. The Morgan fingerprint density at radius 1 is 1.27 bits per heavy atom. The standard InChI is InChI=1S/C9H21NO/c1-4-7(3)9(11)8(5-2)6-10/h7-9,11H,4-6,10H2,1-3H3. The van der Waals surface area contributed by atoms with Gasteiger partial charge in [-0.25, -0.2) is 0 Å². The summed E-state index contributed by atoms with van der Waals surface area (Å²) in [6.45, 7) is 6.84. The second-order valence-corrected chi connectivity index (χ2v) is 3.28. The fourth-order valence-corrected chi connectivity index (χ4v) is 1.25. The Balaban J connectivity index is 3.86. The van der Waals surface area contributed by atoms with Crippen molar-refractivity contribution in [2.45, 2.75) is 39.7 Å². The summed E-state index contributed by atoms with van der Waals surface area (Å²) in [6.07, 6.45) is 1.79. The molecule has 0 aromatic heterocycles. The molecule has 0 saturated carbocycles. The quantitative estimate of drug-likeness (QED) is 0.636. The minimum Gasteiger partial charge on any atom is -0.393 e. The molecule has 0 aliphatic heterocycles. The largest absolute Gasteiger partial charge is 0.393 e. The molecule has 2 heteroatoms. The molecule has 0 bridgehead atoms. The van der Waals surface area contributed by atoms with Crippen LogP contribution < -0.4 is 5.73 Å². The Kier molecular flexibility index (Phi) is 5.51. The van der Waals surface area contributed by atoms with Gasteiger partial charge in [0.2, 0.25) is 0 Å². The van der Waals surface area contributed by atoms with E-state index < -0.39 is 0 Å². The monoisotopic (exact) mass is 159 g/mol. The van der Waals surface area contributed by atoms with E-state index in [1.165, 1.54) is 0 Å². The zero-order valence-corrected chi connectivity index (χ0v) is 7.88. The molecule has 3 atom stereocenters. The van der Waals surface area contributed by atoms with Gasteiger partial charge in [-0.3, -0.25) is 0 Å². The first kappa shape index (κ1) is 10.9. The first-order chi connectivity index (χ1) is 5.17. The lowest BCUT2D eigenvalue weighted by atomic mass is 9.89. The van der Waals surface area contributed by atoms with E-state index in [4.69, 9.17) is 5.73 Å².